The fraction of sp³-hybridized carbons (Fsp3) is 0.467. The molecule has 0 spiro atoms. The summed E-state index contributed by atoms with van der Waals surface area (Å²) in [6.07, 6.45) is 0.939. The highest BCUT2D eigenvalue weighted by molar-refractivity contribution is 5.77. The lowest BCUT2D eigenvalue weighted by Gasteiger charge is -2.19. The average Bonchev–Trinajstić information content (AvgIpc) is 2.49. The van der Waals surface area contributed by atoms with Gasteiger partial charge in [0.2, 0.25) is 0 Å². The van der Waals surface area contributed by atoms with Gasteiger partial charge < -0.3 is 15.4 Å². The topological polar surface area (TPSA) is 74.2 Å². The molecule has 1 aromatic carbocycles. The predicted molar refractivity (Wildman–Crippen MR) is 77.3 cm³/mol. The molecule has 0 aliphatic heterocycles. The number of carbonyl (C=O) groups excluding carboxylic acids is 1. The van der Waals surface area contributed by atoms with E-state index in [9.17, 15) is 4.79 Å². The van der Waals surface area contributed by atoms with Crippen LogP contribution in [0.3, 0.4) is 0 Å². The largest absolute Gasteiger partial charge is 0.483 e. The molecule has 2 N–H and O–H groups in total. The maximum Gasteiger partial charge on any atom is 0.258 e. The Morgan fingerprint density at radius 1 is 1.40 bits per heavy atom. The van der Waals surface area contributed by atoms with Crippen molar-refractivity contribution in [3.05, 3.63) is 29.8 Å². The number of amides is 1. The second-order valence-corrected chi connectivity index (χ2v) is 4.28. The van der Waals surface area contributed by atoms with Crippen molar-refractivity contribution >= 4 is 5.91 Å². The van der Waals surface area contributed by atoms with Gasteiger partial charge >= 0.3 is 0 Å². The third-order valence-corrected chi connectivity index (χ3v) is 2.88. The molecule has 1 rings (SSSR count). The molecule has 1 aromatic rings. The molecule has 0 bridgehead atoms. The first-order chi connectivity index (χ1) is 9.72. The van der Waals surface area contributed by atoms with Crippen molar-refractivity contribution in [1.29, 1.82) is 5.26 Å². The molecule has 0 aromatic heterocycles. The number of hydrogen-bond acceptors (Lipinski definition) is 4. The van der Waals surface area contributed by atoms with Crippen LogP contribution < -0.4 is 15.4 Å². The van der Waals surface area contributed by atoms with Gasteiger partial charge in [0, 0.05) is 11.6 Å². The summed E-state index contributed by atoms with van der Waals surface area (Å²) >= 11 is 0. The first-order valence-electron chi connectivity index (χ1n) is 6.81. The zero-order valence-electron chi connectivity index (χ0n) is 12.0. The molecule has 5 heteroatoms. The molecule has 1 amide bonds. The Morgan fingerprint density at radius 3 is 2.80 bits per heavy atom. The molecular formula is C15H21N3O2. The molecule has 0 heterocycles. The van der Waals surface area contributed by atoms with Gasteiger partial charge in [-0.3, -0.25) is 4.79 Å². The molecule has 108 valence electrons. The van der Waals surface area contributed by atoms with E-state index in [4.69, 9.17) is 10.00 Å². The summed E-state index contributed by atoms with van der Waals surface area (Å²) in [6.45, 7) is 4.95. The van der Waals surface area contributed by atoms with Crippen LogP contribution in [0.15, 0.2) is 24.3 Å². The van der Waals surface area contributed by atoms with E-state index in [-0.39, 0.29) is 25.1 Å². The Bertz CT molecular complexity index is 468. The van der Waals surface area contributed by atoms with Gasteiger partial charge in [-0.1, -0.05) is 32.0 Å². The van der Waals surface area contributed by atoms with E-state index >= 15 is 0 Å². The number of carbonyl (C=O) groups is 1. The lowest BCUT2D eigenvalue weighted by atomic mass is 10.0. The van der Waals surface area contributed by atoms with Gasteiger partial charge in [0.05, 0.1) is 6.07 Å². The number of ether oxygens (including phenoxy) is 1. The molecule has 1 atom stereocenters. The Kier molecular flexibility index (Phi) is 7.15. The number of nitriles is 1. The minimum absolute atomic E-state index is 0.00118. The number of hydrogen-bond donors (Lipinski definition) is 2. The average molecular weight is 275 g/mol. The fourth-order valence-electron chi connectivity index (χ4n) is 1.95. The third kappa shape index (κ3) is 4.90. The van der Waals surface area contributed by atoms with Gasteiger partial charge in [0.15, 0.2) is 6.61 Å². The summed E-state index contributed by atoms with van der Waals surface area (Å²) in [4.78, 5) is 11.4. The zero-order valence-corrected chi connectivity index (χ0v) is 12.0. The summed E-state index contributed by atoms with van der Waals surface area (Å²) in [7, 11) is 0. The van der Waals surface area contributed by atoms with Crippen LogP contribution in [0.2, 0.25) is 0 Å². The predicted octanol–water partition coefficient (Wildman–Crippen LogP) is 1.77. The molecule has 0 radical (unpaired) electrons. The van der Waals surface area contributed by atoms with Crippen LogP contribution in [0.4, 0.5) is 0 Å². The number of nitrogens with one attached hydrogen (secondary N) is 2. The molecule has 0 fully saturated rings. The van der Waals surface area contributed by atoms with Gasteiger partial charge in [0.25, 0.3) is 5.91 Å². The number of rotatable bonds is 8. The Hall–Kier alpha value is -2.06. The highest BCUT2D eigenvalue weighted by Gasteiger charge is 2.13. The van der Waals surface area contributed by atoms with Crippen molar-refractivity contribution in [1.82, 2.24) is 10.6 Å². The minimum Gasteiger partial charge on any atom is -0.483 e. The van der Waals surface area contributed by atoms with Crippen LogP contribution in [0.1, 0.15) is 31.9 Å². The summed E-state index contributed by atoms with van der Waals surface area (Å²) in [5, 5.41) is 14.2. The maximum atomic E-state index is 11.4. The normalized spacial score (nSPS) is 11.4. The SMILES string of the molecule is CCNC(CC)c1ccccc1OCC(=O)NCC#N. The Morgan fingerprint density at radius 2 is 2.15 bits per heavy atom. The second kappa shape index (κ2) is 8.94. The molecule has 20 heavy (non-hydrogen) atoms. The lowest BCUT2D eigenvalue weighted by Crippen LogP contribution is -2.29. The molecule has 1 unspecified atom stereocenters. The summed E-state index contributed by atoms with van der Waals surface area (Å²) in [6, 6.07) is 9.75. The Balaban J connectivity index is 2.70. The first-order valence-corrected chi connectivity index (χ1v) is 6.81. The van der Waals surface area contributed by atoms with Crippen LogP contribution in [0, 0.1) is 11.3 Å². The summed E-state index contributed by atoms with van der Waals surface area (Å²) in [5.74, 6) is 0.408. The van der Waals surface area contributed by atoms with Crippen molar-refractivity contribution in [3.63, 3.8) is 0 Å². The molecule has 0 saturated heterocycles. The molecule has 0 aliphatic carbocycles. The van der Waals surface area contributed by atoms with Gasteiger partial charge in [-0.2, -0.15) is 5.26 Å². The maximum absolute atomic E-state index is 11.4. The second-order valence-electron chi connectivity index (χ2n) is 4.28. The van der Waals surface area contributed by atoms with Crippen LogP contribution in [-0.4, -0.2) is 25.6 Å². The number of benzene rings is 1. The first kappa shape index (κ1) is 16.0. The van der Waals surface area contributed by atoms with Crippen LogP contribution in [0.5, 0.6) is 5.75 Å². The highest BCUT2D eigenvalue weighted by Crippen LogP contribution is 2.26. The summed E-state index contributed by atoms with van der Waals surface area (Å²) in [5.41, 5.74) is 1.05. The van der Waals surface area contributed by atoms with Crippen LogP contribution >= 0.6 is 0 Å². The minimum atomic E-state index is -0.294. The van der Waals surface area contributed by atoms with Crippen molar-refractivity contribution < 1.29 is 9.53 Å². The molecule has 0 aliphatic rings. The monoisotopic (exact) mass is 275 g/mol. The van der Waals surface area contributed by atoms with Crippen LogP contribution in [-0.2, 0) is 4.79 Å². The molecular weight excluding hydrogens is 254 g/mol. The standard InChI is InChI=1S/C15H21N3O2/c1-3-13(17-4-2)12-7-5-6-8-14(12)20-11-15(19)18-10-9-16/h5-8,13,17H,3-4,10-11H2,1-2H3,(H,18,19). The van der Waals surface area contributed by atoms with Crippen molar-refractivity contribution in [2.24, 2.45) is 0 Å². The highest BCUT2D eigenvalue weighted by atomic mass is 16.5. The smallest absolute Gasteiger partial charge is 0.258 e. The van der Waals surface area contributed by atoms with Gasteiger partial charge in [0.1, 0.15) is 12.3 Å². The van der Waals surface area contributed by atoms with E-state index in [1.807, 2.05) is 30.3 Å². The number of para-hydroxylation sites is 1. The fourth-order valence-corrected chi connectivity index (χ4v) is 1.95. The van der Waals surface area contributed by atoms with E-state index in [0.29, 0.717) is 5.75 Å². The molecule has 0 saturated carbocycles. The molecule has 5 nitrogen and oxygen atoms in total. The Labute approximate surface area is 119 Å². The van der Waals surface area contributed by atoms with Crippen LogP contribution in [0.25, 0.3) is 0 Å². The van der Waals surface area contributed by atoms with E-state index in [0.717, 1.165) is 18.5 Å². The van der Waals surface area contributed by atoms with Gasteiger partial charge in [-0.15, -0.1) is 0 Å². The van der Waals surface area contributed by atoms with Crippen molar-refractivity contribution in [2.75, 3.05) is 19.7 Å². The van der Waals surface area contributed by atoms with Crippen molar-refractivity contribution in [3.8, 4) is 11.8 Å². The van der Waals surface area contributed by atoms with Gasteiger partial charge in [-0.25, -0.2) is 0 Å². The number of nitrogens with zero attached hydrogens (tertiary/aromatic N) is 1. The van der Waals surface area contributed by atoms with Crippen molar-refractivity contribution in [2.45, 2.75) is 26.3 Å². The van der Waals surface area contributed by atoms with E-state index in [1.54, 1.807) is 0 Å². The quantitative estimate of drug-likeness (QED) is 0.709. The van der Waals surface area contributed by atoms with E-state index < -0.39 is 0 Å². The summed E-state index contributed by atoms with van der Waals surface area (Å²) < 4.78 is 5.56. The van der Waals surface area contributed by atoms with E-state index in [2.05, 4.69) is 24.5 Å². The van der Waals surface area contributed by atoms with E-state index in [1.165, 1.54) is 0 Å². The zero-order chi connectivity index (χ0) is 14.8. The lowest BCUT2D eigenvalue weighted by molar-refractivity contribution is -0.122. The third-order valence-electron chi connectivity index (χ3n) is 2.88. The van der Waals surface area contributed by atoms with Gasteiger partial charge in [-0.05, 0) is 19.0 Å².